The van der Waals surface area contributed by atoms with Crippen LogP contribution in [0.5, 0.6) is 5.75 Å². The van der Waals surface area contributed by atoms with E-state index < -0.39 is 30.7 Å². The number of benzene rings is 1. The van der Waals surface area contributed by atoms with Crippen LogP contribution in [0.3, 0.4) is 0 Å². The molecule has 4 N–H and O–H groups in total. The maximum Gasteiger partial charge on any atom is 0.241 e. The van der Waals surface area contributed by atoms with Gasteiger partial charge in [0.25, 0.3) is 0 Å². The quantitative estimate of drug-likeness (QED) is 0.630. The summed E-state index contributed by atoms with van der Waals surface area (Å²) in [4.78, 5) is -0.541. The summed E-state index contributed by atoms with van der Waals surface area (Å²) in [5.74, 6) is -0.540. The van der Waals surface area contributed by atoms with Crippen molar-refractivity contribution in [3.8, 4) is 5.75 Å². The van der Waals surface area contributed by atoms with Crippen molar-refractivity contribution in [2.75, 3.05) is 11.0 Å². The maximum absolute atomic E-state index is 11.0. The number of hydrogen-bond acceptors (Lipinski definition) is 5. The van der Waals surface area contributed by atoms with E-state index in [1.54, 1.807) is 0 Å². The average Bonchev–Trinajstić information content (AvgIpc) is 2.04. The van der Waals surface area contributed by atoms with Crippen LogP contribution in [0.2, 0.25) is 0 Å². The van der Waals surface area contributed by atoms with Gasteiger partial charge in [-0.2, -0.15) is 0 Å². The lowest BCUT2D eigenvalue weighted by Crippen LogP contribution is -2.14. The average molecular weight is 266 g/mol. The molecular weight excluding hydrogens is 256 g/mol. The van der Waals surface area contributed by atoms with E-state index in [1.807, 2.05) is 0 Å². The SMILES string of the molecule is CS(=O)(=O)Nc1ccc(O)c(S(N)(=O)=O)c1. The Kier molecular flexibility index (Phi) is 3.13. The van der Waals surface area contributed by atoms with E-state index in [1.165, 1.54) is 6.07 Å². The summed E-state index contributed by atoms with van der Waals surface area (Å²) in [6.45, 7) is 0. The first-order chi connectivity index (χ1) is 7.09. The molecule has 0 heterocycles. The van der Waals surface area contributed by atoms with Gasteiger partial charge >= 0.3 is 0 Å². The molecule has 16 heavy (non-hydrogen) atoms. The molecule has 90 valence electrons. The third-order valence-corrected chi connectivity index (χ3v) is 3.12. The van der Waals surface area contributed by atoms with Gasteiger partial charge in [0, 0.05) is 0 Å². The molecule has 0 unspecified atom stereocenters. The molecule has 0 fully saturated rings. The fourth-order valence-corrected chi connectivity index (χ4v) is 2.23. The molecule has 0 bridgehead atoms. The number of nitrogens with two attached hydrogens (primary N) is 1. The monoisotopic (exact) mass is 266 g/mol. The minimum Gasteiger partial charge on any atom is -0.507 e. The molecule has 1 aromatic carbocycles. The number of sulfonamides is 2. The summed E-state index contributed by atoms with van der Waals surface area (Å²) in [6, 6.07) is 3.18. The van der Waals surface area contributed by atoms with Gasteiger partial charge in [-0.15, -0.1) is 0 Å². The Morgan fingerprint density at radius 1 is 1.25 bits per heavy atom. The van der Waals surface area contributed by atoms with Crippen LogP contribution in [-0.4, -0.2) is 28.2 Å². The Balaban J connectivity index is 3.29. The number of aromatic hydroxyl groups is 1. The number of hydrogen-bond donors (Lipinski definition) is 3. The van der Waals surface area contributed by atoms with Crippen molar-refractivity contribution >= 4 is 25.7 Å². The van der Waals surface area contributed by atoms with E-state index in [0.717, 1.165) is 18.4 Å². The molecule has 0 aliphatic heterocycles. The Labute approximate surface area is 93.0 Å². The number of phenolic OH excluding ortho intramolecular Hbond substituents is 1. The van der Waals surface area contributed by atoms with Gasteiger partial charge in [-0.25, -0.2) is 22.0 Å². The van der Waals surface area contributed by atoms with E-state index in [2.05, 4.69) is 4.72 Å². The van der Waals surface area contributed by atoms with Gasteiger partial charge in [-0.3, -0.25) is 4.72 Å². The lowest BCUT2D eigenvalue weighted by molar-refractivity contribution is 0.459. The molecule has 1 aromatic rings. The molecule has 0 aromatic heterocycles. The summed E-state index contributed by atoms with van der Waals surface area (Å²) in [6.07, 6.45) is 0.913. The highest BCUT2D eigenvalue weighted by atomic mass is 32.2. The third-order valence-electron chi connectivity index (χ3n) is 1.57. The fourth-order valence-electron chi connectivity index (χ4n) is 1.02. The smallest absolute Gasteiger partial charge is 0.241 e. The van der Waals surface area contributed by atoms with Crippen molar-refractivity contribution in [2.45, 2.75) is 4.90 Å². The van der Waals surface area contributed by atoms with Crippen LogP contribution in [0, 0.1) is 0 Å². The Hall–Kier alpha value is -1.32. The third kappa shape index (κ3) is 3.36. The molecule has 0 spiro atoms. The van der Waals surface area contributed by atoms with Crippen LogP contribution in [0.15, 0.2) is 23.1 Å². The fraction of sp³-hybridized carbons (Fsp3) is 0.143. The summed E-state index contributed by atoms with van der Waals surface area (Å²) in [5, 5.41) is 14.1. The zero-order chi connectivity index (χ0) is 12.6. The van der Waals surface area contributed by atoms with Gasteiger partial charge in [0.15, 0.2) is 0 Å². The largest absolute Gasteiger partial charge is 0.507 e. The second-order valence-electron chi connectivity index (χ2n) is 3.10. The predicted octanol–water partition coefficient (Wildman–Crippen LogP) is -0.589. The predicted molar refractivity (Wildman–Crippen MR) is 57.9 cm³/mol. The zero-order valence-electron chi connectivity index (χ0n) is 8.21. The minimum absolute atomic E-state index is 0.00400. The normalized spacial score (nSPS) is 12.4. The minimum atomic E-state index is -4.10. The molecule has 0 radical (unpaired) electrons. The molecule has 0 atom stereocenters. The van der Waals surface area contributed by atoms with Crippen LogP contribution in [0.4, 0.5) is 5.69 Å². The second kappa shape index (κ2) is 3.92. The highest BCUT2D eigenvalue weighted by Gasteiger charge is 2.15. The van der Waals surface area contributed by atoms with Gasteiger partial charge in [0.1, 0.15) is 10.6 Å². The van der Waals surface area contributed by atoms with E-state index in [4.69, 9.17) is 5.14 Å². The van der Waals surface area contributed by atoms with Crippen LogP contribution in [0.1, 0.15) is 0 Å². The lowest BCUT2D eigenvalue weighted by Gasteiger charge is -2.07. The standard InChI is InChI=1S/C7H10N2O5S2/c1-15(11,12)9-5-2-3-6(10)7(4-5)16(8,13)14/h2-4,9-10H,1H3,(H2,8,13,14). The number of primary sulfonamides is 1. The molecule has 9 heteroatoms. The number of anilines is 1. The van der Waals surface area contributed by atoms with Gasteiger partial charge in [-0.05, 0) is 18.2 Å². The number of phenols is 1. The van der Waals surface area contributed by atoms with Crippen LogP contribution in [-0.2, 0) is 20.0 Å². The summed E-state index contributed by atoms with van der Waals surface area (Å²) in [7, 11) is -7.62. The zero-order valence-corrected chi connectivity index (χ0v) is 9.84. The van der Waals surface area contributed by atoms with Crippen molar-refractivity contribution in [2.24, 2.45) is 5.14 Å². The highest BCUT2D eigenvalue weighted by Crippen LogP contribution is 2.25. The van der Waals surface area contributed by atoms with Crippen molar-refractivity contribution in [1.29, 1.82) is 0 Å². The maximum atomic E-state index is 11.0. The van der Waals surface area contributed by atoms with Crippen molar-refractivity contribution < 1.29 is 21.9 Å². The second-order valence-corrected chi connectivity index (χ2v) is 6.38. The van der Waals surface area contributed by atoms with Crippen molar-refractivity contribution in [3.63, 3.8) is 0 Å². The topological polar surface area (TPSA) is 127 Å². The first-order valence-corrected chi connectivity index (χ1v) is 7.37. The molecule has 0 amide bonds. The molecule has 0 aliphatic carbocycles. The molecule has 0 aliphatic rings. The Morgan fingerprint density at radius 3 is 2.25 bits per heavy atom. The molecule has 0 saturated heterocycles. The lowest BCUT2D eigenvalue weighted by atomic mass is 10.3. The first-order valence-electron chi connectivity index (χ1n) is 3.93. The van der Waals surface area contributed by atoms with Crippen molar-refractivity contribution in [1.82, 2.24) is 0 Å². The van der Waals surface area contributed by atoms with Gasteiger partial charge in [-0.1, -0.05) is 0 Å². The molecule has 7 nitrogen and oxygen atoms in total. The Bertz CT molecular complexity index is 606. The molecular formula is C7H10N2O5S2. The Morgan fingerprint density at radius 2 is 1.81 bits per heavy atom. The molecule has 0 saturated carbocycles. The van der Waals surface area contributed by atoms with E-state index in [0.29, 0.717) is 0 Å². The number of rotatable bonds is 3. The van der Waals surface area contributed by atoms with Gasteiger partial charge in [0.2, 0.25) is 20.0 Å². The van der Waals surface area contributed by atoms with E-state index in [-0.39, 0.29) is 5.69 Å². The summed E-state index contributed by atoms with van der Waals surface area (Å²) in [5.41, 5.74) is 0.00400. The van der Waals surface area contributed by atoms with E-state index >= 15 is 0 Å². The van der Waals surface area contributed by atoms with Gasteiger partial charge in [0.05, 0.1) is 11.9 Å². The van der Waals surface area contributed by atoms with Gasteiger partial charge < -0.3 is 5.11 Å². The summed E-state index contributed by atoms with van der Waals surface area (Å²) < 4.78 is 45.9. The van der Waals surface area contributed by atoms with Crippen molar-refractivity contribution in [3.05, 3.63) is 18.2 Å². The highest BCUT2D eigenvalue weighted by molar-refractivity contribution is 7.92. The summed E-state index contributed by atoms with van der Waals surface area (Å²) >= 11 is 0. The first kappa shape index (κ1) is 12.7. The van der Waals surface area contributed by atoms with Crippen LogP contribution < -0.4 is 9.86 Å². The number of nitrogens with one attached hydrogen (secondary N) is 1. The van der Waals surface area contributed by atoms with Crippen LogP contribution in [0.25, 0.3) is 0 Å². The van der Waals surface area contributed by atoms with E-state index in [9.17, 15) is 21.9 Å². The molecule has 1 rings (SSSR count). The van der Waals surface area contributed by atoms with Crippen LogP contribution >= 0.6 is 0 Å².